The molecule has 0 aromatic carbocycles. The van der Waals surface area contributed by atoms with Crippen LogP contribution in [0.2, 0.25) is 0 Å². The molecular formula is C10H8N2OS. The molecule has 0 unspecified atom stereocenters. The van der Waals surface area contributed by atoms with Gasteiger partial charge in [-0.3, -0.25) is 0 Å². The minimum atomic E-state index is 0.0941. The van der Waals surface area contributed by atoms with E-state index in [9.17, 15) is 0 Å². The lowest BCUT2D eigenvalue weighted by molar-refractivity contribution is 0.557. The van der Waals surface area contributed by atoms with Crippen LogP contribution in [0, 0.1) is 11.3 Å². The van der Waals surface area contributed by atoms with E-state index in [2.05, 4.69) is 12.2 Å². The molecule has 0 saturated heterocycles. The minimum absolute atomic E-state index is 0.0941. The summed E-state index contributed by atoms with van der Waals surface area (Å²) >= 11 is 4.66. The van der Waals surface area contributed by atoms with Crippen LogP contribution in [0.5, 0.6) is 0 Å². The summed E-state index contributed by atoms with van der Waals surface area (Å²) < 4.78 is 5.05. The standard InChI is InChI=1S/C10H8N2OS/c11-7-8(10(12)14)3-1-4-9-5-2-6-13-9/h1-6H,(H2,12,14)/b4-1?,8-3+. The van der Waals surface area contributed by atoms with Crippen molar-refractivity contribution >= 4 is 23.3 Å². The number of nitrogens with zero attached hydrogens (tertiary/aromatic N) is 1. The maximum atomic E-state index is 8.61. The Labute approximate surface area is 87.1 Å². The highest BCUT2D eigenvalue weighted by Crippen LogP contribution is 2.03. The third-order valence-electron chi connectivity index (χ3n) is 1.45. The van der Waals surface area contributed by atoms with Crippen LogP contribution in [-0.4, -0.2) is 4.99 Å². The van der Waals surface area contributed by atoms with Crippen molar-refractivity contribution in [3.05, 3.63) is 41.9 Å². The zero-order valence-corrected chi connectivity index (χ0v) is 8.12. The third kappa shape index (κ3) is 2.88. The van der Waals surface area contributed by atoms with E-state index >= 15 is 0 Å². The fraction of sp³-hybridized carbons (Fsp3) is 0. The molecule has 4 heteroatoms. The van der Waals surface area contributed by atoms with Crippen LogP contribution >= 0.6 is 12.2 Å². The van der Waals surface area contributed by atoms with Gasteiger partial charge in [0.25, 0.3) is 0 Å². The van der Waals surface area contributed by atoms with Crippen LogP contribution in [0.3, 0.4) is 0 Å². The van der Waals surface area contributed by atoms with Gasteiger partial charge in [0.1, 0.15) is 16.8 Å². The van der Waals surface area contributed by atoms with Gasteiger partial charge in [-0.1, -0.05) is 18.3 Å². The van der Waals surface area contributed by atoms with E-state index in [4.69, 9.17) is 15.4 Å². The van der Waals surface area contributed by atoms with Gasteiger partial charge in [-0.15, -0.1) is 0 Å². The fourth-order valence-electron chi connectivity index (χ4n) is 0.800. The third-order valence-corrected chi connectivity index (χ3v) is 1.67. The van der Waals surface area contributed by atoms with Crippen molar-refractivity contribution in [2.45, 2.75) is 0 Å². The van der Waals surface area contributed by atoms with Crippen LogP contribution in [-0.2, 0) is 0 Å². The molecule has 0 fully saturated rings. The summed E-state index contributed by atoms with van der Waals surface area (Å²) in [5.41, 5.74) is 5.57. The van der Waals surface area contributed by atoms with Crippen molar-refractivity contribution in [2.75, 3.05) is 0 Å². The number of furan rings is 1. The van der Waals surface area contributed by atoms with Crippen molar-refractivity contribution in [1.82, 2.24) is 0 Å². The summed E-state index contributed by atoms with van der Waals surface area (Å²) in [5.74, 6) is 0.710. The highest BCUT2D eigenvalue weighted by atomic mass is 32.1. The first kappa shape index (κ1) is 10.2. The Morgan fingerprint density at radius 2 is 2.43 bits per heavy atom. The van der Waals surface area contributed by atoms with E-state index < -0.39 is 0 Å². The van der Waals surface area contributed by atoms with Gasteiger partial charge in [-0.2, -0.15) is 5.26 Å². The predicted molar refractivity (Wildman–Crippen MR) is 58.2 cm³/mol. The van der Waals surface area contributed by atoms with Gasteiger partial charge in [-0.05, 0) is 24.3 Å². The first-order chi connectivity index (χ1) is 6.74. The molecule has 0 aliphatic carbocycles. The smallest absolute Gasteiger partial charge is 0.126 e. The molecule has 0 atom stereocenters. The average Bonchev–Trinajstić information content (AvgIpc) is 2.64. The summed E-state index contributed by atoms with van der Waals surface area (Å²) in [5, 5.41) is 8.61. The number of rotatable bonds is 3. The minimum Gasteiger partial charge on any atom is -0.465 e. The van der Waals surface area contributed by atoms with Gasteiger partial charge in [0, 0.05) is 0 Å². The highest BCUT2D eigenvalue weighted by molar-refractivity contribution is 7.80. The van der Waals surface area contributed by atoms with Gasteiger partial charge in [-0.25, -0.2) is 0 Å². The molecular weight excluding hydrogens is 196 g/mol. The summed E-state index contributed by atoms with van der Waals surface area (Å²) in [7, 11) is 0. The van der Waals surface area contributed by atoms with Gasteiger partial charge in [0.2, 0.25) is 0 Å². The van der Waals surface area contributed by atoms with E-state index in [0.29, 0.717) is 5.76 Å². The van der Waals surface area contributed by atoms with Crippen LogP contribution < -0.4 is 5.73 Å². The van der Waals surface area contributed by atoms with E-state index in [0.717, 1.165) is 0 Å². The second-order valence-electron chi connectivity index (χ2n) is 2.43. The maximum absolute atomic E-state index is 8.61. The van der Waals surface area contributed by atoms with E-state index in [-0.39, 0.29) is 10.6 Å². The summed E-state index contributed by atoms with van der Waals surface area (Å²) in [6.07, 6.45) is 6.50. The topological polar surface area (TPSA) is 63.0 Å². The van der Waals surface area contributed by atoms with Crippen molar-refractivity contribution in [3.63, 3.8) is 0 Å². The zero-order valence-electron chi connectivity index (χ0n) is 7.31. The molecule has 0 aliphatic heterocycles. The number of hydrogen-bond acceptors (Lipinski definition) is 3. The van der Waals surface area contributed by atoms with Crippen LogP contribution in [0.25, 0.3) is 6.08 Å². The lowest BCUT2D eigenvalue weighted by Crippen LogP contribution is -2.09. The summed E-state index contributed by atoms with van der Waals surface area (Å²) in [6, 6.07) is 5.48. The van der Waals surface area contributed by atoms with Crippen LogP contribution in [0.1, 0.15) is 5.76 Å². The van der Waals surface area contributed by atoms with E-state index in [1.165, 1.54) is 0 Å². The first-order valence-corrected chi connectivity index (χ1v) is 4.26. The first-order valence-electron chi connectivity index (χ1n) is 3.86. The molecule has 0 radical (unpaired) electrons. The number of nitrogens with two attached hydrogens (primary N) is 1. The van der Waals surface area contributed by atoms with Gasteiger partial charge in [0.05, 0.1) is 11.8 Å². The Hall–Kier alpha value is -1.86. The molecule has 14 heavy (non-hydrogen) atoms. The molecule has 3 nitrogen and oxygen atoms in total. The maximum Gasteiger partial charge on any atom is 0.126 e. The Bertz CT molecular complexity index is 410. The highest BCUT2D eigenvalue weighted by Gasteiger charge is 1.95. The van der Waals surface area contributed by atoms with Gasteiger partial charge < -0.3 is 10.2 Å². The average molecular weight is 204 g/mol. The number of hydrogen-bond donors (Lipinski definition) is 1. The SMILES string of the molecule is N#C/C(=C\C=Cc1ccco1)C(N)=S. The number of allylic oxidation sites excluding steroid dienone is 2. The Morgan fingerprint density at radius 3 is 2.93 bits per heavy atom. The van der Waals surface area contributed by atoms with E-state index in [1.54, 1.807) is 36.6 Å². The summed E-state index contributed by atoms with van der Waals surface area (Å²) in [4.78, 5) is 0.0941. The monoisotopic (exact) mass is 204 g/mol. The molecule has 2 N–H and O–H groups in total. The molecule has 70 valence electrons. The van der Waals surface area contributed by atoms with Crippen molar-refractivity contribution in [3.8, 4) is 6.07 Å². The quantitative estimate of drug-likeness (QED) is 0.354. The molecule has 1 aromatic heterocycles. The largest absolute Gasteiger partial charge is 0.465 e. The normalized spacial score (nSPS) is 11.5. The molecule has 0 bridgehead atoms. The van der Waals surface area contributed by atoms with E-state index in [1.807, 2.05) is 6.07 Å². The van der Waals surface area contributed by atoms with Crippen LogP contribution in [0.4, 0.5) is 0 Å². The Balaban J connectivity index is 2.71. The molecule has 1 heterocycles. The second kappa shape index (κ2) is 5.00. The lowest BCUT2D eigenvalue weighted by atomic mass is 10.2. The summed E-state index contributed by atoms with van der Waals surface area (Å²) in [6.45, 7) is 0. The predicted octanol–water partition coefficient (Wildman–Crippen LogP) is 2.03. The number of nitriles is 1. The molecule has 0 aliphatic rings. The zero-order chi connectivity index (χ0) is 10.4. The molecule has 1 aromatic rings. The van der Waals surface area contributed by atoms with Gasteiger partial charge >= 0.3 is 0 Å². The van der Waals surface area contributed by atoms with Crippen molar-refractivity contribution in [2.24, 2.45) is 5.73 Å². The lowest BCUT2D eigenvalue weighted by Gasteiger charge is -1.89. The number of thiocarbonyl (C=S) groups is 1. The molecule has 0 saturated carbocycles. The van der Waals surface area contributed by atoms with Crippen molar-refractivity contribution < 1.29 is 4.42 Å². The van der Waals surface area contributed by atoms with Gasteiger partial charge in [0.15, 0.2) is 0 Å². The Kier molecular flexibility index (Phi) is 3.65. The Morgan fingerprint density at radius 1 is 1.64 bits per heavy atom. The molecule has 0 amide bonds. The van der Waals surface area contributed by atoms with Crippen molar-refractivity contribution in [1.29, 1.82) is 5.26 Å². The molecule has 0 spiro atoms. The van der Waals surface area contributed by atoms with Crippen LogP contribution in [0.15, 0.2) is 40.5 Å². The second-order valence-corrected chi connectivity index (χ2v) is 2.87. The fourth-order valence-corrected chi connectivity index (χ4v) is 0.913. The molecule has 1 rings (SSSR count).